The van der Waals surface area contributed by atoms with E-state index in [-0.39, 0.29) is 29.9 Å². The zero-order valence-corrected chi connectivity index (χ0v) is 19.5. The summed E-state index contributed by atoms with van der Waals surface area (Å²) in [6.45, 7) is 3.90. The van der Waals surface area contributed by atoms with Crippen molar-refractivity contribution >= 4 is 70.6 Å². The van der Waals surface area contributed by atoms with Gasteiger partial charge >= 0.3 is 0 Å². The first kappa shape index (κ1) is 25.4. The van der Waals surface area contributed by atoms with Crippen LogP contribution in [0.15, 0.2) is 17.1 Å². The van der Waals surface area contributed by atoms with Crippen molar-refractivity contribution < 1.29 is 9.53 Å². The summed E-state index contributed by atoms with van der Waals surface area (Å²) in [5, 5.41) is 7.40. The molecule has 2 N–H and O–H groups in total. The molecule has 0 bridgehead atoms. The molecule has 6 nitrogen and oxygen atoms in total. The quantitative estimate of drug-likeness (QED) is 0.230. The number of carbonyl (C=O) groups excluding carboxylic acids is 1. The fourth-order valence-corrected chi connectivity index (χ4v) is 2.74. The second-order valence-electron chi connectivity index (χ2n) is 5.27. The van der Waals surface area contributed by atoms with Crippen LogP contribution in [-0.4, -0.2) is 57.1 Å². The molecule has 0 aliphatic heterocycles. The third-order valence-electron chi connectivity index (χ3n) is 3.04. The molecule has 148 valence electrons. The van der Waals surface area contributed by atoms with E-state index < -0.39 is 0 Å². The number of amides is 1. The molecular weight excluding hydrogens is 513 g/mol. The second kappa shape index (κ2) is 13.5. The van der Waals surface area contributed by atoms with E-state index in [1.165, 1.54) is 0 Å². The Labute approximate surface area is 186 Å². The minimum Gasteiger partial charge on any atom is -0.489 e. The Kier molecular flexibility index (Phi) is 13.2. The topological polar surface area (TPSA) is 66.0 Å². The Bertz CT molecular complexity index is 592. The van der Waals surface area contributed by atoms with Crippen LogP contribution in [0.1, 0.15) is 13.3 Å². The van der Waals surface area contributed by atoms with Gasteiger partial charge in [-0.05, 0) is 19.1 Å². The minimum atomic E-state index is 0. The third kappa shape index (κ3) is 9.34. The predicted molar refractivity (Wildman–Crippen MR) is 120 cm³/mol. The highest BCUT2D eigenvalue weighted by atomic mass is 127. The molecule has 0 aliphatic carbocycles. The van der Waals surface area contributed by atoms with E-state index in [2.05, 4.69) is 15.6 Å². The number of carbonyl (C=O) groups is 1. The highest BCUT2D eigenvalue weighted by Crippen LogP contribution is 2.35. The lowest BCUT2D eigenvalue weighted by molar-refractivity contribution is -0.128. The molecule has 0 heterocycles. The normalized spacial score (nSPS) is 10.8. The van der Waals surface area contributed by atoms with Crippen molar-refractivity contribution in [3.8, 4) is 5.75 Å². The van der Waals surface area contributed by atoms with Gasteiger partial charge in [0.05, 0.1) is 23.1 Å². The first-order chi connectivity index (χ1) is 11.8. The summed E-state index contributed by atoms with van der Waals surface area (Å²) in [7, 11) is 3.44. The van der Waals surface area contributed by atoms with Gasteiger partial charge in [0, 0.05) is 32.1 Å². The fourth-order valence-electron chi connectivity index (χ4n) is 1.82. The van der Waals surface area contributed by atoms with Gasteiger partial charge in [0.2, 0.25) is 5.91 Å². The molecule has 0 saturated carbocycles. The maximum Gasteiger partial charge on any atom is 0.223 e. The molecule has 0 fully saturated rings. The lowest BCUT2D eigenvalue weighted by atomic mass is 10.3. The van der Waals surface area contributed by atoms with Gasteiger partial charge in [-0.1, -0.05) is 34.8 Å². The smallest absolute Gasteiger partial charge is 0.223 e. The van der Waals surface area contributed by atoms with Crippen molar-refractivity contribution in [1.29, 1.82) is 0 Å². The van der Waals surface area contributed by atoms with Gasteiger partial charge in [-0.15, -0.1) is 24.0 Å². The van der Waals surface area contributed by atoms with Crippen molar-refractivity contribution in [2.75, 3.05) is 40.3 Å². The van der Waals surface area contributed by atoms with E-state index in [9.17, 15) is 4.79 Å². The summed E-state index contributed by atoms with van der Waals surface area (Å²) in [6, 6.07) is 3.15. The van der Waals surface area contributed by atoms with Crippen LogP contribution in [0.5, 0.6) is 5.75 Å². The van der Waals surface area contributed by atoms with Crippen LogP contribution in [-0.2, 0) is 4.79 Å². The number of hydrogen-bond acceptors (Lipinski definition) is 3. The van der Waals surface area contributed by atoms with E-state index in [1.807, 2.05) is 6.92 Å². The summed E-state index contributed by atoms with van der Waals surface area (Å²) in [5.74, 6) is 1.05. The predicted octanol–water partition coefficient (Wildman–Crippen LogP) is 3.68. The molecule has 1 rings (SSSR count). The lowest BCUT2D eigenvalue weighted by Gasteiger charge is -2.14. The van der Waals surface area contributed by atoms with Gasteiger partial charge in [0.1, 0.15) is 6.61 Å². The van der Waals surface area contributed by atoms with E-state index in [0.717, 1.165) is 0 Å². The average Bonchev–Trinajstić information content (AvgIpc) is 2.52. The number of hydrogen-bond donors (Lipinski definition) is 2. The SMILES string of the molecule is CCNC(=NCCC(=O)N(C)C)NCCOc1c(Cl)cc(Cl)cc1Cl.I. The number of rotatable bonds is 8. The Balaban J connectivity index is 0.00000625. The molecule has 26 heavy (non-hydrogen) atoms. The van der Waals surface area contributed by atoms with Crippen LogP contribution in [0.3, 0.4) is 0 Å². The summed E-state index contributed by atoms with van der Waals surface area (Å²) in [4.78, 5) is 17.4. The molecule has 1 amide bonds. The Morgan fingerprint density at radius 1 is 1.19 bits per heavy atom. The molecule has 0 spiro atoms. The van der Waals surface area contributed by atoms with Crippen molar-refractivity contribution in [3.63, 3.8) is 0 Å². The largest absolute Gasteiger partial charge is 0.489 e. The molecule has 0 atom stereocenters. The van der Waals surface area contributed by atoms with Gasteiger partial charge in [-0.3, -0.25) is 9.79 Å². The zero-order valence-electron chi connectivity index (χ0n) is 14.9. The van der Waals surface area contributed by atoms with Crippen LogP contribution < -0.4 is 15.4 Å². The number of ether oxygens (including phenoxy) is 1. The van der Waals surface area contributed by atoms with Crippen LogP contribution in [0.2, 0.25) is 15.1 Å². The second-order valence-corrected chi connectivity index (χ2v) is 6.52. The molecule has 1 aromatic rings. The maximum absolute atomic E-state index is 11.5. The first-order valence-corrected chi connectivity index (χ1v) is 8.98. The Hall–Kier alpha value is -0.640. The third-order valence-corrected chi connectivity index (χ3v) is 3.82. The number of halogens is 4. The van der Waals surface area contributed by atoms with Gasteiger partial charge in [-0.25, -0.2) is 0 Å². The molecule has 10 heteroatoms. The highest BCUT2D eigenvalue weighted by Gasteiger charge is 2.09. The average molecular weight is 538 g/mol. The monoisotopic (exact) mass is 536 g/mol. The molecule has 1 aromatic carbocycles. The lowest BCUT2D eigenvalue weighted by Crippen LogP contribution is -2.39. The van der Waals surface area contributed by atoms with Crippen LogP contribution in [0, 0.1) is 0 Å². The Morgan fingerprint density at radius 3 is 2.35 bits per heavy atom. The molecule has 0 aromatic heterocycles. The first-order valence-electron chi connectivity index (χ1n) is 7.84. The van der Waals surface area contributed by atoms with E-state index in [4.69, 9.17) is 39.5 Å². The summed E-state index contributed by atoms with van der Waals surface area (Å²) >= 11 is 18.0. The van der Waals surface area contributed by atoms with Crippen molar-refractivity contribution in [2.24, 2.45) is 4.99 Å². The van der Waals surface area contributed by atoms with Crippen LogP contribution >= 0.6 is 58.8 Å². The van der Waals surface area contributed by atoms with Gasteiger partial charge in [0.25, 0.3) is 0 Å². The van der Waals surface area contributed by atoms with E-state index in [0.29, 0.717) is 59.4 Å². The number of guanidine groups is 1. The molecule has 0 radical (unpaired) electrons. The number of nitrogens with zero attached hydrogens (tertiary/aromatic N) is 2. The number of aliphatic imine (C=N–C) groups is 1. The minimum absolute atomic E-state index is 0. The van der Waals surface area contributed by atoms with Gasteiger partial charge in [0.15, 0.2) is 11.7 Å². The van der Waals surface area contributed by atoms with Crippen molar-refractivity contribution in [3.05, 3.63) is 27.2 Å². The van der Waals surface area contributed by atoms with Gasteiger partial charge < -0.3 is 20.3 Å². The Morgan fingerprint density at radius 2 is 1.81 bits per heavy atom. The standard InChI is InChI=1S/C16H23Cl3N4O2.HI/c1-4-20-16(21-6-5-14(24)23(2)3)22-7-8-25-15-12(18)9-11(17)10-13(15)19;/h9-10H,4-8H2,1-3H3,(H2,20,21,22);1H. The van der Waals surface area contributed by atoms with E-state index >= 15 is 0 Å². The van der Waals surface area contributed by atoms with Gasteiger partial charge in [-0.2, -0.15) is 0 Å². The van der Waals surface area contributed by atoms with E-state index in [1.54, 1.807) is 31.1 Å². The molecule has 0 unspecified atom stereocenters. The van der Waals surface area contributed by atoms with Crippen molar-refractivity contribution in [1.82, 2.24) is 15.5 Å². The molecule has 0 aliphatic rings. The number of benzene rings is 1. The van der Waals surface area contributed by atoms with Crippen LogP contribution in [0.4, 0.5) is 0 Å². The van der Waals surface area contributed by atoms with Crippen molar-refractivity contribution in [2.45, 2.75) is 13.3 Å². The molecular formula is C16H24Cl3IN4O2. The maximum atomic E-state index is 11.5. The highest BCUT2D eigenvalue weighted by molar-refractivity contribution is 14.0. The summed E-state index contributed by atoms with van der Waals surface area (Å²) < 4.78 is 5.60. The fraction of sp³-hybridized carbons (Fsp3) is 0.500. The molecule has 0 saturated heterocycles. The summed E-state index contributed by atoms with van der Waals surface area (Å²) in [5.41, 5.74) is 0. The zero-order chi connectivity index (χ0) is 18.8. The number of nitrogens with one attached hydrogen (secondary N) is 2. The summed E-state index contributed by atoms with van der Waals surface area (Å²) in [6.07, 6.45) is 0.357. The van der Waals surface area contributed by atoms with Crippen LogP contribution in [0.25, 0.3) is 0 Å².